The van der Waals surface area contributed by atoms with Gasteiger partial charge in [0.2, 0.25) is 11.2 Å². The van der Waals surface area contributed by atoms with Gasteiger partial charge >= 0.3 is 0 Å². The highest BCUT2D eigenvalue weighted by Crippen LogP contribution is 2.38. The van der Waals surface area contributed by atoms with Gasteiger partial charge in [0, 0.05) is 15.5 Å². The van der Waals surface area contributed by atoms with Crippen LogP contribution in [0.3, 0.4) is 0 Å². The van der Waals surface area contributed by atoms with Crippen LogP contribution in [0.25, 0.3) is 22.3 Å². The van der Waals surface area contributed by atoms with Crippen LogP contribution in [0.1, 0.15) is 28.8 Å². The number of amides is 1. The number of carbonyl (C=O) groups is 1. The number of ether oxygens (including phenoxy) is 2. The molecule has 0 aliphatic heterocycles. The topological polar surface area (TPSA) is 102 Å². The fourth-order valence-corrected chi connectivity index (χ4v) is 5.71. The first-order chi connectivity index (χ1) is 17.5. The SMILES string of the molecule is COc1ccc(-c2oc3ccc(Cl)cc3c(=O)c2OCC(=O)Nc2sc3c(c2C#N)CCCC3)cc1. The molecule has 4 aromatic rings. The number of carbonyl (C=O) groups excluding carboxylic acids is 1. The molecule has 0 saturated carbocycles. The van der Waals surface area contributed by atoms with Crippen LogP contribution >= 0.6 is 22.9 Å². The third kappa shape index (κ3) is 4.55. The Labute approximate surface area is 215 Å². The van der Waals surface area contributed by atoms with Crippen molar-refractivity contribution in [2.75, 3.05) is 19.0 Å². The first-order valence-electron chi connectivity index (χ1n) is 11.4. The number of anilines is 1. The molecule has 0 spiro atoms. The van der Waals surface area contributed by atoms with Crippen molar-refractivity contribution in [1.82, 2.24) is 0 Å². The molecule has 7 nitrogen and oxygen atoms in total. The molecule has 0 radical (unpaired) electrons. The molecule has 9 heteroatoms. The van der Waals surface area contributed by atoms with Crippen LogP contribution in [0.2, 0.25) is 5.02 Å². The van der Waals surface area contributed by atoms with Crippen molar-refractivity contribution in [3.05, 3.63) is 73.7 Å². The smallest absolute Gasteiger partial charge is 0.262 e. The molecule has 2 aromatic heterocycles. The van der Waals surface area contributed by atoms with Crippen molar-refractivity contribution in [3.8, 4) is 28.9 Å². The number of benzene rings is 2. The molecule has 1 aliphatic rings. The Morgan fingerprint density at radius 2 is 1.97 bits per heavy atom. The average Bonchev–Trinajstić information content (AvgIpc) is 3.25. The molecular formula is C27H21ClN2O5S. The van der Waals surface area contributed by atoms with Crippen LogP contribution in [0.5, 0.6) is 11.5 Å². The maximum atomic E-state index is 13.4. The van der Waals surface area contributed by atoms with Crippen molar-refractivity contribution < 1.29 is 18.7 Å². The van der Waals surface area contributed by atoms with Crippen molar-refractivity contribution >= 4 is 44.8 Å². The lowest BCUT2D eigenvalue weighted by atomic mass is 9.96. The van der Waals surface area contributed by atoms with Gasteiger partial charge in [0.15, 0.2) is 12.4 Å². The second-order valence-corrected chi connectivity index (χ2v) is 9.86. The number of methoxy groups -OCH3 is 1. The average molecular weight is 521 g/mol. The van der Waals surface area contributed by atoms with E-state index in [0.717, 1.165) is 36.1 Å². The van der Waals surface area contributed by atoms with E-state index < -0.39 is 17.9 Å². The van der Waals surface area contributed by atoms with Gasteiger partial charge in [-0.2, -0.15) is 5.26 Å². The Kier molecular flexibility index (Phi) is 6.68. The summed E-state index contributed by atoms with van der Waals surface area (Å²) in [6, 6.07) is 13.9. The van der Waals surface area contributed by atoms with Gasteiger partial charge in [-0.1, -0.05) is 11.6 Å². The van der Waals surface area contributed by atoms with E-state index in [-0.39, 0.29) is 16.9 Å². The number of aryl methyl sites for hydroxylation is 1. The number of hydrogen-bond donors (Lipinski definition) is 1. The predicted octanol–water partition coefficient (Wildman–Crippen LogP) is 5.95. The minimum atomic E-state index is -0.476. The summed E-state index contributed by atoms with van der Waals surface area (Å²) in [5.74, 6) is 0.254. The third-order valence-electron chi connectivity index (χ3n) is 6.05. The zero-order valence-corrected chi connectivity index (χ0v) is 20.9. The van der Waals surface area contributed by atoms with Gasteiger partial charge in [0.05, 0.1) is 18.1 Å². The summed E-state index contributed by atoms with van der Waals surface area (Å²) in [4.78, 5) is 27.3. The fraction of sp³-hybridized carbons (Fsp3) is 0.222. The Hall–Kier alpha value is -3.80. The van der Waals surface area contributed by atoms with Crippen LogP contribution in [0.4, 0.5) is 5.00 Å². The van der Waals surface area contributed by atoms with E-state index in [1.165, 1.54) is 17.4 Å². The van der Waals surface area contributed by atoms with Gasteiger partial charge in [-0.3, -0.25) is 9.59 Å². The Bertz CT molecular complexity index is 1570. The number of hydrogen-bond acceptors (Lipinski definition) is 7. The molecule has 0 atom stereocenters. The molecular weight excluding hydrogens is 500 g/mol. The summed E-state index contributed by atoms with van der Waals surface area (Å²) in [6.07, 6.45) is 3.86. The highest BCUT2D eigenvalue weighted by atomic mass is 35.5. The number of nitrogens with one attached hydrogen (secondary N) is 1. The van der Waals surface area contributed by atoms with Crippen molar-refractivity contribution in [1.29, 1.82) is 5.26 Å². The highest BCUT2D eigenvalue weighted by molar-refractivity contribution is 7.16. The molecule has 1 aliphatic carbocycles. The van der Waals surface area contributed by atoms with Gasteiger partial charge in [-0.15, -0.1) is 11.3 Å². The summed E-state index contributed by atoms with van der Waals surface area (Å²) in [5.41, 5.74) is 2.02. The molecule has 1 amide bonds. The Balaban J connectivity index is 1.46. The summed E-state index contributed by atoms with van der Waals surface area (Å²) in [7, 11) is 1.56. The molecule has 1 N–H and O–H groups in total. The van der Waals surface area contributed by atoms with Crippen molar-refractivity contribution in [2.24, 2.45) is 0 Å². The first-order valence-corrected chi connectivity index (χ1v) is 12.6. The molecule has 2 aromatic carbocycles. The molecule has 36 heavy (non-hydrogen) atoms. The quantitative estimate of drug-likeness (QED) is 0.337. The zero-order valence-electron chi connectivity index (χ0n) is 19.4. The van der Waals surface area contributed by atoms with E-state index in [4.69, 9.17) is 25.5 Å². The van der Waals surface area contributed by atoms with Crippen molar-refractivity contribution in [3.63, 3.8) is 0 Å². The first kappa shape index (κ1) is 23.9. The lowest BCUT2D eigenvalue weighted by Crippen LogP contribution is -2.22. The molecule has 182 valence electrons. The second kappa shape index (κ2) is 10.1. The largest absolute Gasteiger partial charge is 0.497 e. The maximum absolute atomic E-state index is 13.4. The molecule has 0 fully saturated rings. The molecule has 0 saturated heterocycles. The second-order valence-electron chi connectivity index (χ2n) is 8.32. The lowest BCUT2D eigenvalue weighted by Gasteiger charge is -2.12. The maximum Gasteiger partial charge on any atom is 0.262 e. The normalized spacial score (nSPS) is 12.6. The highest BCUT2D eigenvalue weighted by Gasteiger charge is 2.23. The van der Waals surface area contributed by atoms with Gasteiger partial charge in [-0.25, -0.2) is 0 Å². The van der Waals surface area contributed by atoms with Gasteiger partial charge in [0.25, 0.3) is 5.91 Å². The number of thiophene rings is 1. The van der Waals surface area contributed by atoms with Crippen LogP contribution in [-0.2, 0) is 17.6 Å². The van der Waals surface area contributed by atoms with Crippen LogP contribution in [0.15, 0.2) is 51.7 Å². The van der Waals surface area contributed by atoms with E-state index >= 15 is 0 Å². The third-order valence-corrected chi connectivity index (χ3v) is 7.49. The monoisotopic (exact) mass is 520 g/mol. The Morgan fingerprint density at radius 1 is 1.19 bits per heavy atom. The van der Waals surface area contributed by atoms with Crippen LogP contribution in [-0.4, -0.2) is 19.6 Å². The standard InChI is InChI=1S/C27H21ClN2O5S/c1-33-17-9-6-15(7-10-17)25-26(24(32)19-12-16(28)8-11-21(19)35-25)34-14-23(31)30-27-20(13-29)18-4-2-3-5-22(18)36-27/h6-12H,2-5,14H2,1H3,(H,30,31). The van der Waals surface area contributed by atoms with Crippen LogP contribution < -0.4 is 20.2 Å². The summed E-state index contributed by atoms with van der Waals surface area (Å²) < 4.78 is 17.0. The Morgan fingerprint density at radius 3 is 2.72 bits per heavy atom. The van der Waals surface area contributed by atoms with E-state index in [0.29, 0.717) is 32.5 Å². The lowest BCUT2D eigenvalue weighted by molar-refractivity contribution is -0.118. The molecule has 0 unspecified atom stereocenters. The fourth-order valence-electron chi connectivity index (χ4n) is 4.29. The molecule has 5 rings (SSSR count). The van der Waals surface area contributed by atoms with Crippen LogP contribution in [0, 0.1) is 11.3 Å². The van der Waals surface area contributed by atoms with E-state index in [1.54, 1.807) is 43.5 Å². The molecule has 2 heterocycles. The minimum absolute atomic E-state index is 0.101. The zero-order chi connectivity index (χ0) is 25.2. The number of nitriles is 1. The van der Waals surface area contributed by atoms with Gasteiger partial charge in [0.1, 0.15) is 22.4 Å². The van der Waals surface area contributed by atoms with E-state index in [1.807, 2.05) is 0 Å². The van der Waals surface area contributed by atoms with Gasteiger partial charge < -0.3 is 19.2 Å². The predicted molar refractivity (Wildman–Crippen MR) is 139 cm³/mol. The summed E-state index contributed by atoms with van der Waals surface area (Å²) >= 11 is 7.53. The van der Waals surface area contributed by atoms with E-state index in [2.05, 4.69) is 11.4 Å². The van der Waals surface area contributed by atoms with E-state index in [9.17, 15) is 14.9 Å². The van der Waals surface area contributed by atoms with Gasteiger partial charge in [-0.05, 0) is 73.7 Å². The van der Waals surface area contributed by atoms with Crippen molar-refractivity contribution in [2.45, 2.75) is 25.7 Å². The minimum Gasteiger partial charge on any atom is -0.497 e. The number of halogens is 1. The number of nitrogens with zero attached hydrogens (tertiary/aromatic N) is 1. The number of fused-ring (bicyclic) bond motifs is 2. The molecule has 0 bridgehead atoms. The number of rotatable bonds is 6. The summed E-state index contributed by atoms with van der Waals surface area (Å²) in [5, 5.41) is 13.6. The summed E-state index contributed by atoms with van der Waals surface area (Å²) in [6.45, 7) is -0.437.